The summed E-state index contributed by atoms with van der Waals surface area (Å²) in [6.07, 6.45) is 1.69. The molecule has 1 saturated heterocycles. The third-order valence-corrected chi connectivity index (χ3v) is 5.08. The molecule has 2 aliphatic rings. The van der Waals surface area contributed by atoms with E-state index in [2.05, 4.69) is 27.2 Å². The number of benzene rings is 1. The first-order valence-corrected chi connectivity index (χ1v) is 9.00. The molecule has 0 aliphatic carbocycles. The van der Waals surface area contributed by atoms with E-state index in [0.717, 1.165) is 63.5 Å². The van der Waals surface area contributed by atoms with Gasteiger partial charge in [0.15, 0.2) is 0 Å². The molecular weight excluding hydrogens is 316 g/mol. The number of nitrogens with one attached hydrogen (secondary N) is 1. The number of ether oxygens (including phenoxy) is 1. The van der Waals surface area contributed by atoms with E-state index in [1.807, 2.05) is 23.1 Å². The Morgan fingerprint density at radius 3 is 2.64 bits per heavy atom. The number of amides is 1. The normalized spacial score (nSPS) is 18.6. The van der Waals surface area contributed by atoms with Gasteiger partial charge in [0.2, 0.25) is 5.91 Å². The number of aromatic nitrogens is 2. The molecule has 1 N–H and O–H groups in total. The lowest BCUT2D eigenvalue weighted by Crippen LogP contribution is -2.45. The molecule has 1 aromatic heterocycles. The van der Waals surface area contributed by atoms with E-state index in [-0.39, 0.29) is 5.91 Å². The van der Waals surface area contributed by atoms with E-state index in [0.29, 0.717) is 6.54 Å². The summed E-state index contributed by atoms with van der Waals surface area (Å²) in [6, 6.07) is 10.3. The largest absolute Gasteiger partial charge is 0.379 e. The van der Waals surface area contributed by atoms with Gasteiger partial charge in [-0.25, -0.2) is 0 Å². The summed E-state index contributed by atoms with van der Waals surface area (Å²) >= 11 is 0. The zero-order chi connectivity index (χ0) is 17.1. The summed E-state index contributed by atoms with van der Waals surface area (Å²) in [6.45, 7) is 5.17. The first kappa shape index (κ1) is 16.3. The molecule has 6 nitrogen and oxygen atoms in total. The van der Waals surface area contributed by atoms with Gasteiger partial charge in [-0.05, 0) is 6.42 Å². The van der Waals surface area contributed by atoms with Crippen molar-refractivity contribution >= 4 is 5.91 Å². The number of rotatable bonds is 3. The van der Waals surface area contributed by atoms with Crippen molar-refractivity contribution in [3.05, 3.63) is 41.6 Å². The van der Waals surface area contributed by atoms with Crippen LogP contribution in [-0.2, 0) is 22.4 Å². The van der Waals surface area contributed by atoms with E-state index in [1.165, 1.54) is 11.3 Å². The minimum absolute atomic E-state index is 0.223. The molecule has 132 valence electrons. The summed E-state index contributed by atoms with van der Waals surface area (Å²) in [5.41, 5.74) is 4.58. The number of hydrogen-bond donors (Lipinski definition) is 1. The highest BCUT2D eigenvalue weighted by Gasteiger charge is 2.24. The van der Waals surface area contributed by atoms with Crippen LogP contribution in [0, 0.1) is 0 Å². The van der Waals surface area contributed by atoms with Crippen molar-refractivity contribution in [3.63, 3.8) is 0 Å². The van der Waals surface area contributed by atoms with Gasteiger partial charge in [0.05, 0.1) is 25.5 Å². The topological polar surface area (TPSA) is 61.5 Å². The van der Waals surface area contributed by atoms with Crippen molar-refractivity contribution in [3.8, 4) is 11.3 Å². The molecular formula is C19H24N4O2. The molecule has 25 heavy (non-hydrogen) atoms. The maximum atomic E-state index is 12.7. The van der Waals surface area contributed by atoms with Crippen LogP contribution in [0.4, 0.5) is 0 Å². The summed E-state index contributed by atoms with van der Waals surface area (Å²) in [4.78, 5) is 16.9. The number of H-pyrrole nitrogens is 1. The second-order valence-electron chi connectivity index (χ2n) is 6.66. The Bertz CT molecular complexity index is 722. The molecule has 1 amide bonds. The second-order valence-corrected chi connectivity index (χ2v) is 6.66. The smallest absolute Gasteiger partial charge is 0.236 e. The summed E-state index contributed by atoms with van der Waals surface area (Å²) < 4.78 is 5.36. The van der Waals surface area contributed by atoms with Gasteiger partial charge in [0.1, 0.15) is 0 Å². The Labute approximate surface area is 147 Å². The Kier molecular flexibility index (Phi) is 4.81. The van der Waals surface area contributed by atoms with Gasteiger partial charge in [0.25, 0.3) is 0 Å². The van der Waals surface area contributed by atoms with Crippen LogP contribution in [0.1, 0.15) is 11.3 Å². The number of fused-ring (bicyclic) bond motifs is 1. The first-order chi connectivity index (χ1) is 12.3. The van der Waals surface area contributed by atoms with Crippen molar-refractivity contribution < 1.29 is 9.53 Å². The van der Waals surface area contributed by atoms with Crippen LogP contribution >= 0.6 is 0 Å². The predicted molar refractivity (Wildman–Crippen MR) is 95.3 cm³/mol. The van der Waals surface area contributed by atoms with E-state index in [1.54, 1.807) is 0 Å². The molecule has 4 rings (SSSR count). The predicted octanol–water partition coefficient (Wildman–Crippen LogP) is 1.34. The van der Waals surface area contributed by atoms with Crippen LogP contribution in [0.25, 0.3) is 11.3 Å². The van der Waals surface area contributed by atoms with E-state index in [4.69, 9.17) is 4.74 Å². The van der Waals surface area contributed by atoms with Gasteiger partial charge >= 0.3 is 0 Å². The Morgan fingerprint density at radius 2 is 1.84 bits per heavy atom. The van der Waals surface area contributed by atoms with Crippen molar-refractivity contribution in [2.45, 2.75) is 12.8 Å². The third-order valence-electron chi connectivity index (χ3n) is 5.08. The Hall–Kier alpha value is -2.18. The molecule has 1 aromatic carbocycles. The van der Waals surface area contributed by atoms with Gasteiger partial charge < -0.3 is 9.64 Å². The molecule has 2 aromatic rings. The van der Waals surface area contributed by atoms with Crippen LogP contribution in [0.3, 0.4) is 0 Å². The molecule has 6 heteroatoms. The second kappa shape index (κ2) is 7.37. The third kappa shape index (κ3) is 3.60. The monoisotopic (exact) mass is 340 g/mol. The molecule has 0 spiro atoms. The van der Waals surface area contributed by atoms with Gasteiger partial charge in [-0.3, -0.25) is 14.8 Å². The molecule has 3 heterocycles. The Morgan fingerprint density at radius 1 is 1.08 bits per heavy atom. The average Bonchev–Trinajstić information content (AvgIpc) is 2.94. The lowest BCUT2D eigenvalue weighted by molar-refractivity contribution is -0.133. The minimum atomic E-state index is 0.223. The maximum Gasteiger partial charge on any atom is 0.236 e. The highest BCUT2D eigenvalue weighted by atomic mass is 16.5. The zero-order valence-corrected chi connectivity index (χ0v) is 14.4. The fourth-order valence-electron chi connectivity index (χ4n) is 3.62. The fourth-order valence-corrected chi connectivity index (χ4v) is 3.62. The molecule has 0 saturated carbocycles. The van der Waals surface area contributed by atoms with Gasteiger partial charge in [0, 0.05) is 49.4 Å². The molecule has 1 fully saturated rings. The number of carbonyl (C=O) groups excluding carboxylic acids is 1. The zero-order valence-electron chi connectivity index (χ0n) is 14.4. The van der Waals surface area contributed by atoms with Crippen LogP contribution in [-0.4, -0.2) is 71.8 Å². The van der Waals surface area contributed by atoms with Crippen molar-refractivity contribution in [1.29, 1.82) is 0 Å². The molecule has 0 unspecified atom stereocenters. The van der Waals surface area contributed by atoms with Gasteiger partial charge in [-0.1, -0.05) is 30.3 Å². The van der Waals surface area contributed by atoms with Gasteiger partial charge in [-0.2, -0.15) is 5.10 Å². The Balaban J connectivity index is 1.43. The average molecular weight is 340 g/mol. The van der Waals surface area contributed by atoms with Crippen molar-refractivity contribution in [1.82, 2.24) is 20.0 Å². The lowest BCUT2D eigenvalue weighted by Gasteiger charge is -2.29. The number of morpholine rings is 1. The molecule has 0 radical (unpaired) electrons. The quantitative estimate of drug-likeness (QED) is 0.916. The summed E-state index contributed by atoms with van der Waals surface area (Å²) in [5.74, 6) is 0.223. The molecule has 0 atom stereocenters. The maximum absolute atomic E-state index is 12.7. The highest BCUT2D eigenvalue weighted by molar-refractivity contribution is 5.78. The summed E-state index contributed by atoms with van der Waals surface area (Å²) in [5, 5.41) is 7.71. The van der Waals surface area contributed by atoms with Crippen LogP contribution < -0.4 is 0 Å². The van der Waals surface area contributed by atoms with Crippen molar-refractivity contribution in [2.24, 2.45) is 0 Å². The van der Waals surface area contributed by atoms with E-state index in [9.17, 15) is 4.79 Å². The number of nitrogens with zero attached hydrogens (tertiary/aromatic N) is 3. The fraction of sp³-hybridized carbons (Fsp3) is 0.474. The van der Waals surface area contributed by atoms with E-state index >= 15 is 0 Å². The highest BCUT2D eigenvalue weighted by Crippen LogP contribution is 2.26. The SMILES string of the molecule is O=C(CN1CCOCC1)N1CCc2[nH]nc(-c3ccccc3)c2CC1. The van der Waals surface area contributed by atoms with E-state index < -0.39 is 0 Å². The summed E-state index contributed by atoms with van der Waals surface area (Å²) in [7, 11) is 0. The minimum Gasteiger partial charge on any atom is -0.379 e. The lowest BCUT2D eigenvalue weighted by atomic mass is 10.0. The number of carbonyl (C=O) groups is 1. The van der Waals surface area contributed by atoms with Crippen LogP contribution in [0.15, 0.2) is 30.3 Å². The molecule has 0 bridgehead atoms. The molecule has 2 aliphatic heterocycles. The van der Waals surface area contributed by atoms with Crippen LogP contribution in [0.2, 0.25) is 0 Å². The first-order valence-electron chi connectivity index (χ1n) is 9.00. The van der Waals surface area contributed by atoms with Crippen molar-refractivity contribution in [2.75, 3.05) is 45.9 Å². The van der Waals surface area contributed by atoms with Crippen LogP contribution in [0.5, 0.6) is 0 Å². The van der Waals surface area contributed by atoms with Gasteiger partial charge in [-0.15, -0.1) is 0 Å². The number of hydrogen-bond acceptors (Lipinski definition) is 4. The number of aromatic amines is 1. The standard InChI is InChI=1S/C19H24N4O2/c24-18(14-22-10-12-25-13-11-22)23-8-6-16-17(7-9-23)20-21-19(16)15-4-2-1-3-5-15/h1-5H,6-14H2,(H,20,21).